The summed E-state index contributed by atoms with van der Waals surface area (Å²) >= 11 is 9.18. The highest BCUT2D eigenvalue weighted by molar-refractivity contribution is 9.10. The number of Topliss-reactive ketones (excluding diaryl/α,β-unsaturated/α-hetero) is 1. The molecule has 144 valence electrons. The largest absolute Gasteiger partial charge is 0.391 e. The Kier molecular flexibility index (Phi) is 6.50. The minimum absolute atomic E-state index is 0.0831. The number of aliphatic hydroxyl groups excluding tert-OH is 1. The van der Waals surface area contributed by atoms with Gasteiger partial charge in [-0.25, -0.2) is 4.85 Å². The maximum Gasteiger partial charge on any atom is 0.253 e. The molecular formula is C21H18BrClN2O3. The number of aryl methyl sites for hydroxylation is 1. The van der Waals surface area contributed by atoms with Crippen molar-refractivity contribution in [3.8, 4) is 0 Å². The van der Waals surface area contributed by atoms with E-state index in [0.717, 1.165) is 5.56 Å². The fourth-order valence-corrected chi connectivity index (χ4v) is 3.96. The Morgan fingerprint density at radius 3 is 2.64 bits per heavy atom. The smallest absolute Gasteiger partial charge is 0.253 e. The van der Waals surface area contributed by atoms with Gasteiger partial charge in [-0.05, 0) is 42.3 Å². The first-order valence-corrected chi connectivity index (χ1v) is 9.98. The molecule has 1 heterocycles. The fraction of sp³-hybridized carbons (Fsp3) is 0.286. The molecule has 1 aliphatic rings. The number of likely N-dealkylation sites (tertiary alicyclic amines) is 1. The Labute approximate surface area is 176 Å². The van der Waals surface area contributed by atoms with Gasteiger partial charge < -0.3 is 10.0 Å². The summed E-state index contributed by atoms with van der Waals surface area (Å²) in [6, 6.07) is 11.4. The average Bonchev–Trinajstić information content (AvgIpc) is 3.08. The van der Waals surface area contributed by atoms with Gasteiger partial charge in [-0.3, -0.25) is 9.59 Å². The maximum atomic E-state index is 13.0. The van der Waals surface area contributed by atoms with Gasteiger partial charge in [-0.15, -0.1) is 0 Å². The van der Waals surface area contributed by atoms with Gasteiger partial charge in [0.05, 0.1) is 18.7 Å². The van der Waals surface area contributed by atoms with Gasteiger partial charge in [0.25, 0.3) is 5.91 Å². The molecule has 3 rings (SSSR count). The number of hydrogen-bond acceptors (Lipinski definition) is 3. The van der Waals surface area contributed by atoms with E-state index in [9.17, 15) is 14.7 Å². The van der Waals surface area contributed by atoms with Gasteiger partial charge in [0.2, 0.25) is 0 Å². The van der Waals surface area contributed by atoms with E-state index in [0.29, 0.717) is 27.2 Å². The first-order valence-electron chi connectivity index (χ1n) is 8.81. The van der Waals surface area contributed by atoms with Crippen molar-refractivity contribution < 1.29 is 14.7 Å². The molecule has 1 saturated heterocycles. The van der Waals surface area contributed by atoms with Crippen LogP contribution in [-0.4, -0.2) is 40.4 Å². The summed E-state index contributed by atoms with van der Waals surface area (Å²) in [5, 5.41) is 10.7. The molecule has 1 fully saturated rings. The Hall–Kier alpha value is -2.20. The van der Waals surface area contributed by atoms with Crippen LogP contribution < -0.4 is 0 Å². The molecule has 1 aliphatic heterocycles. The molecule has 1 N–H and O–H groups in total. The summed E-state index contributed by atoms with van der Waals surface area (Å²) in [6.07, 6.45) is 0.313. The molecule has 2 aromatic rings. The summed E-state index contributed by atoms with van der Waals surface area (Å²) < 4.78 is 0.620. The Balaban J connectivity index is 1.74. The van der Waals surface area contributed by atoms with Gasteiger partial charge in [0.1, 0.15) is 0 Å². The second-order valence-corrected chi connectivity index (χ2v) is 8.12. The molecule has 0 bridgehead atoms. The van der Waals surface area contributed by atoms with Crippen LogP contribution in [0.3, 0.4) is 0 Å². The zero-order valence-corrected chi connectivity index (χ0v) is 17.3. The molecule has 7 heteroatoms. The molecular weight excluding hydrogens is 444 g/mol. The highest BCUT2D eigenvalue weighted by Gasteiger charge is 2.38. The highest BCUT2D eigenvalue weighted by atomic mass is 79.9. The molecule has 0 saturated carbocycles. The summed E-state index contributed by atoms with van der Waals surface area (Å²) in [5.74, 6) is -0.437. The van der Waals surface area contributed by atoms with Crippen molar-refractivity contribution in [1.82, 2.24) is 4.90 Å². The summed E-state index contributed by atoms with van der Waals surface area (Å²) in [5.41, 5.74) is 1.65. The van der Waals surface area contributed by atoms with Crippen LogP contribution in [0.4, 0.5) is 5.69 Å². The molecule has 2 aromatic carbocycles. The fourth-order valence-electron chi connectivity index (χ4n) is 3.36. The number of nitrogens with zero attached hydrogens (tertiary/aromatic N) is 2. The van der Waals surface area contributed by atoms with Crippen LogP contribution in [-0.2, 0) is 11.2 Å². The topological polar surface area (TPSA) is 62.0 Å². The van der Waals surface area contributed by atoms with Crippen molar-refractivity contribution in [1.29, 1.82) is 0 Å². The zero-order valence-electron chi connectivity index (χ0n) is 14.9. The maximum absolute atomic E-state index is 13.0. The normalized spacial score (nSPS) is 18.7. The van der Waals surface area contributed by atoms with Crippen molar-refractivity contribution >= 4 is 44.9 Å². The zero-order chi connectivity index (χ0) is 20.3. The quantitative estimate of drug-likeness (QED) is 0.670. The van der Waals surface area contributed by atoms with E-state index >= 15 is 0 Å². The third-order valence-corrected chi connectivity index (χ3v) is 5.45. The number of rotatable bonds is 5. The molecule has 5 nitrogen and oxygen atoms in total. The molecule has 0 radical (unpaired) electrons. The van der Waals surface area contributed by atoms with Crippen LogP contribution in [0, 0.1) is 6.57 Å². The summed E-state index contributed by atoms with van der Waals surface area (Å²) in [6.45, 7) is 7.26. The van der Waals surface area contributed by atoms with Gasteiger partial charge in [0.15, 0.2) is 11.5 Å². The van der Waals surface area contributed by atoms with E-state index in [1.807, 2.05) is 12.1 Å². The van der Waals surface area contributed by atoms with Crippen molar-refractivity contribution in [2.75, 3.05) is 6.54 Å². The van der Waals surface area contributed by atoms with Crippen LogP contribution in [0.1, 0.15) is 28.8 Å². The van der Waals surface area contributed by atoms with Gasteiger partial charge >= 0.3 is 0 Å². The Morgan fingerprint density at radius 2 is 1.96 bits per heavy atom. The minimum Gasteiger partial charge on any atom is -0.391 e. The van der Waals surface area contributed by atoms with Gasteiger partial charge in [-0.2, -0.15) is 0 Å². The number of carbonyl (C=O) groups is 2. The first kappa shape index (κ1) is 20.5. The lowest BCUT2D eigenvalue weighted by atomic mass is 10.0. The van der Waals surface area contributed by atoms with Gasteiger partial charge in [0, 0.05) is 34.4 Å². The van der Waals surface area contributed by atoms with Crippen molar-refractivity contribution in [3.05, 3.63) is 74.5 Å². The molecule has 1 amide bonds. The number of amides is 1. The van der Waals surface area contributed by atoms with E-state index in [1.54, 1.807) is 24.3 Å². The molecule has 2 atom stereocenters. The van der Waals surface area contributed by atoms with Gasteiger partial charge in [-0.1, -0.05) is 39.7 Å². The average molecular weight is 462 g/mol. The predicted octanol–water partition coefficient (Wildman–Crippen LogP) is 4.43. The number of aliphatic hydroxyl groups is 1. The second kappa shape index (κ2) is 8.87. The number of halogens is 2. The number of β-amino-alcohol motifs (C(OH)–C–C–N with tert-alkyl or cyclic N) is 1. The minimum atomic E-state index is -0.735. The van der Waals surface area contributed by atoms with Crippen LogP contribution in [0.25, 0.3) is 4.85 Å². The predicted molar refractivity (Wildman–Crippen MR) is 111 cm³/mol. The monoisotopic (exact) mass is 460 g/mol. The third kappa shape index (κ3) is 4.79. The highest BCUT2D eigenvalue weighted by Crippen LogP contribution is 2.27. The standard InChI is InChI=1S/C21H18BrClN2O3/c1-24-17-9-14(8-15(22)10-17)21(28)25-12-18(26)11-19(25)20(27)7-4-13-2-5-16(23)6-3-13/h2-3,5-6,8-10,18-19,26H,4,7,11-12H2/t18-,19+/m1/s1. The lowest BCUT2D eigenvalue weighted by molar-refractivity contribution is -0.122. The number of benzene rings is 2. The number of hydrogen-bond donors (Lipinski definition) is 1. The molecule has 0 spiro atoms. The second-order valence-electron chi connectivity index (χ2n) is 6.77. The summed E-state index contributed by atoms with van der Waals surface area (Å²) in [4.78, 5) is 30.5. The SMILES string of the molecule is [C-]#[N+]c1cc(Br)cc(C(=O)N2C[C@H](O)C[C@H]2C(=O)CCc2ccc(Cl)cc2)c1. The van der Waals surface area contributed by atoms with Crippen molar-refractivity contribution in [3.63, 3.8) is 0 Å². The lowest BCUT2D eigenvalue weighted by Crippen LogP contribution is -2.40. The van der Waals surface area contributed by atoms with E-state index in [1.165, 1.54) is 11.0 Å². The lowest BCUT2D eigenvalue weighted by Gasteiger charge is -2.24. The third-order valence-electron chi connectivity index (χ3n) is 4.74. The van der Waals surface area contributed by atoms with E-state index in [-0.39, 0.29) is 31.1 Å². The summed E-state index contributed by atoms with van der Waals surface area (Å²) in [7, 11) is 0. The van der Waals surface area contributed by atoms with E-state index in [2.05, 4.69) is 20.8 Å². The molecule has 0 aromatic heterocycles. The number of ketones is 1. The van der Waals surface area contributed by atoms with Crippen LogP contribution >= 0.6 is 27.5 Å². The van der Waals surface area contributed by atoms with Crippen LogP contribution in [0.2, 0.25) is 5.02 Å². The Bertz CT molecular complexity index is 940. The van der Waals surface area contributed by atoms with E-state index < -0.39 is 12.1 Å². The Morgan fingerprint density at radius 1 is 1.25 bits per heavy atom. The molecule has 0 aliphatic carbocycles. The molecule has 0 unspecified atom stereocenters. The van der Waals surface area contributed by atoms with E-state index in [4.69, 9.17) is 18.2 Å². The van der Waals surface area contributed by atoms with Crippen molar-refractivity contribution in [2.45, 2.75) is 31.4 Å². The van der Waals surface area contributed by atoms with Crippen LogP contribution in [0.5, 0.6) is 0 Å². The van der Waals surface area contributed by atoms with Crippen molar-refractivity contribution in [2.24, 2.45) is 0 Å². The first-order chi connectivity index (χ1) is 13.4. The number of carbonyl (C=O) groups excluding carboxylic acids is 2. The molecule has 28 heavy (non-hydrogen) atoms. The van der Waals surface area contributed by atoms with Crippen LogP contribution in [0.15, 0.2) is 46.9 Å².